The van der Waals surface area contributed by atoms with Gasteiger partial charge in [0.25, 0.3) is 0 Å². The number of nitrogens with zero attached hydrogens (tertiary/aromatic N) is 3. The van der Waals surface area contributed by atoms with Crippen molar-refractivity contribution in [3.8, 4) is 10.6 Å². The summed E-state index contributed by atoms with van der Waals surface area (Å²) in [7, 11) is 0. The van der Waals surface area contributed by atoms with Gasteiger partial charge in [-0.3, -0.25) is 9.78 Å². The Morgan fingerprint density at radius 3 is 2.60 bits per heavy atom. The number of thiazole rings is 1. The molecule has 2 aromatic heterocycles. The van der Waals surface area contributed by atoms with Crippen molar-refractivity contribution in [1.82, 2.24) is 9.97 Å². The first-order valence-corrected chi connectivity index (χ1v) is 9.18. The van der Waals surface area contributed by atoms with Crippen LogP contribution in [0.15, 0.2) is 48.1 Å². The van der Waals surface area contributed by atoms with Crippen molar-refractivity contribution >= 4 is 22.9 Å². The van der Waals surface area contributed by atoms with Crippen LogP contribution in [-0.4, -0.2) is 22.4 Å². The summed E-state index contributed by atoms with van der Waals surface area (Å²) in [4.78, 5) is 23.3. The van der Waals surface area contributed by atoms with Crippen LogP contribution in [0.5, 0.6) is 0 Å². The number of pyridine rings is 1. The maximum absolute atomic E-state index is 12.8. The standard InChI is InChI=1S/C20H21N3OS/c1-4-23(18-9-14(2)8-15(3)10-18)19(24)11-17-13-25-20(22-17)16-6-5-7-21-12-16/h5-10,12-13H,4,11H2,1-3H3. The summed E-state index contributed by atoms with van der Waals surface area (Å²) < 4.78 is 0. The quantitative estimate of drug-likeness (QED) is 0.684. The number of likely N-dealkylation sites (N-methyl/N-ethyl adjacent to an activating group) is 1. The van der Waals surface area contributed by atoms with Crippen molar-refractivity contribution < 1.29 is 4.79 Å². The smallest absolute Gasteiger partial charge is 0.233 e. The van der Waals surface area contributed by atoms with E-state index in [0.29, 0.717) is 13.0 Å². The Labute approximate surface area is 152 Å². The molecule has 0 saturated heterocycles. The number of hydrogen-bond acceptors (Lipinski definition) is 4. The van der Waals surface area contributed by atoms with E-state index >= 15 is 0 Å². The van der Waals surface area contributed by atoms with E-state index in [0.717, 1.165) is 33.1 Å². The summed E-state index contributed by atoms with van der Waals surface area (Å²) in [6.45, 7) is 6.74. The van der Waals surface area contributed by atoms with E-state index in [1.54, 1.807) is 23.7 Å². The fraction of sp³-hybridized carbons (Fsp3) is 0.250. The van der Waals surface area contributed by atoms with E-state index in [-0.39, 0.29) is 5.91 Å². The van der Waals surface area contributed by atoms with Crippen LogP contribution in [0.4, 0.5) is 5.69 Å². The van der Waals surface area contributed by atoms with Crippen LogP contribution in [0, 0.1) is 13.8 Å². The van der Waals surface area contributed by atoms with Crippen molar-refractivity contribution in [3.05, 3.63) is 64.9 Å². The van der Waals surface area contributed by atoms with Gasteiger partial charge in [0, 0.05) is 35.6 Å². The highest BCUT2D eigenvalue weighted by Gasteiger charge is 2.17. The Morgan fingerprint density at radius 2 is 1.96 bits per heavy atom. The Bertz CT molecular complexity index is 853. The molecule has 0 atom stereocenters. The van der Waals surface area contributed by atoms with Crippen LogP contribution in [0.25, 0.3) is 10.6 Å². The molecule has 2 heterocycles. The second-order valence-corrected chi connectivity index (χ2v) is 6.90. The maximum atomic E-state index is 12.8. The zero-order valence-electron chi connectivity index (χ0n) is 14.7. The van der Waals surface area contributed by atoms with E-state index in [2.05, 4.69) is 42.0 Å². The number of carbonyl (C=O) groups is 1. The highest BCUT2D eigenvalue weighted by Crippen LogP contribution is 2.24. The molecule has 1 aromatic carbocycles. The van der Waals surface area contributed by atoms with Gasteiger partial charge in [-0.1, -0.05) is 6.07 Å². The van der Waals surface area contributed by atoms with Gasteiger partial charge >= 0.3 is 0 Å². The van der Waals surface area contributed by atoms with Crippen molar-refractivity contribution in [2.75, 3.05) is 11.4 Å². The van der Waals surface area contributed by atoms with Gasteiger partial charge in [-0.25, -0.2) is 4.98 Å². The Balaban J connectivity index is 1.78. The normalized spacial score (nSPS) is 10.7. The predicted molar refractivity (Wildman–Crippen MR) is 103 cm³/mol. The van der Waals surface area contributed by atoms with Crippen LogP contribution in [-0.2, 0) is 11.2 Å². The third-order valence-electron chi connectivity index (χ3n) is 3.93. The molecule has 128 valence electrons. The van der Waals surface area contributed by atoms with Gasteiger partial charge in [0.05, 0.1) is 12.1 Å². The molecule has 5 heteroatoms. The van der Waals surface area contributed by atoms with Crippen LogP contribution in [0.3, 0.4) is 0 Å². The lowest BCUT2D eigenvalue weighted by Crippen LogP contribution is -2.32. The molecule has 0 bridgehead atoms. The molecule has 0 saturated carbocycles. The van der Waals surface area contributed by atoms with E-state index in [1.165, 1.54) is 0 Å². The first kappa shape index (κ1) is 17.3. The highest BCUT2D eigenvalue weighted by atomic mass is 32.1. The molecule has 25 heavy (non-hydrogen) atoms. The topological polar surface area (TPSA) is 46.1 Å². The minimum absolute atomic E-state index is 0.0653. The fourth-order valence-electron chi connectivity index (χ4n) is 2.87. The molecule has 3 aromatic rings. The first-order chi connectivity index (χ1) is 12.1. The number of aromatic nitrogens is 2. The number of benzene rings is 1. The SMILES string of the molecule is CCN(C(=O)Cc1csc(-c2cccnc2)n1)c1cc(C)cc(C)c1. The number of carbonyl (C=O) groups excluding carboxylic acids is 1. The van der Waals surface area contributed by atoms with Crippen molar-refractivity contribution in [2.45, 2.75) is 27.2 Å². The third-order valence-corrected chi connectivity index (χ3v) is 4.87. The maximum Gasteiger partial charge on any atom is 0.233 e. The summed E-state index contributed by atoms with van der Waals surface area (Å²) in [5.41, 5.74) is 5.06. The van der Waals surface area contributed by atoms with Gasteiger partial charge in [0.2, 0.25) is 5.91 Å². The van der Waals surface area contributed by atoms with E-state index in [4.69, 9.17) is 0 Å². The minimum atomic E-state index is 0.0653. The zero-order valence-corrected chi connectivity index (χ0v) is 15.5. The second-order valence-electron chi connectivity index (χ2n) is 6.05. The van der Waals surface area contributed by atoms with Gasteiger partial charge in [0.15, 0.2) is 0 Å². The Hall–Kier alpha value is -2.53. The van der Waals surface area contributed by atoms with Crippen LogP contribution in [0.1, 0.15) is 23.7 Å². The zero-order chi connectivity index (χ0) is 17.8. The number of amides is 1. The third kappa shape index (κ3) is 4.12. The van der Waals surface area contributed by atoms with Crippen molar-refractivity contribution in [2.24, 2.45) is 0 Å². The largest absolute Gasteiger partial charge is 0.312 e. The number of rotatable bonds is 5. The van der Waals surface area contributed by atoms with E-state index < -0.39 is 0 Å². The first-order valence-electron chi connectivity index (χ1n) is 8.30. The Kier molecular flexibility index (Phi) is 5.24. The second kappa shape index (κ2) is 7.57. The van der Waals surface area contributed by atoms with Gasteiger partial charge in [-0.2, -0.15) is 0 Å². The van der Waals surface area contributed by atoms with Gasteiger partial charge in [-0.05, 0) is 56.2 Å². The molecule has 0 radical (unpaired) electrons. The number of aryl methyl sites for hydroxylation is 2. The molecule has 3 rings (SSSR count). The van der Waals surface area contributed by atoms with Crippen LogP contribution >= 0.6 is 11.3 Å². The molecule has 0 aliphatic carbocycles. The van der Waals surface area contributed by atoms with Crippen LogP contribution in [0.2, 0.25) is 0 Å². The monoisotopic (exact) mass is 351 g/mol. The Morgan fingerprint density at radius 1 is 1.20 bits per heavy atom. The van der Waals surface area contributed by atoms with E-state index in [9.17, 15) is 4.79 Å². The van der Waals surface area contributed by atoms with Crippen LogP contribution < -0.4 is 4.90 Å². The molecular weight excluding hydrogens is 330 g/mol. The summed E-state index contributed by atoms with van der Waals surface area (Å²) in [6, 6.07) is 10.1. The molecule has 1 amide bonds. The fourth-order valence-corrected chi connectivity index (χ4v) is 3.68. The lowest BCUT2D eigenvalue weighted by atomic mass is 10.1. The number of hydrogen-bond donors (Lipinski definition) is 0. The average molecular weight is 351 g/mol. The molecule has 0 N–H and O–H groups in total. The highest BCUT2D eigenvalue weighted by molar-refractivity contribution is 7.13. The van der Waals surface area contributed by atoms with Gasteiger partial charge in [-0.15, -0.1) is 11.3 Å². The summed E-state index contributed by atoms with van der Waals surface area (Å²) in [6.07, 6.45) is 3.83. The predicted octanol–water partition coefficient (Wildman–Crippen LogP) is 4.42. The van der Waals surface area contributed by atoms with Crippen molar-refractivity contribution in [3.63, 3.8) is 0 Å². The summed E-state index contributed by atoms with van der Waals surface area (Å²) in [5, 5.41) is 2.85. The average Bonchev–Trinajstić information content (AvgIpc) is 3.04. The number of anilines is 1. The molecule has 0 fully saturated rings. The molecule has 0 aliphatic rings. The summed E-state index contributed by atoms with van der Waals surface area (Å²) in [5.74, 6) is 0.0653. The molecular formula is C20H21N3OS. The lowest BCUT2D eigenvalue weighted by molar-refractivity contribution is -0.118. The molecule has 0 aliphatic heterocycles. The lowest BCUT2D eigenvalue weighted by Gasteiger charge is -2.21. The van der Waals surface area contributed by atoms with Crippen molar-refractivity contribution in [1.29, 1.82) is 0 Å². The molecule has 4 nitrogen and oxygen atoms in total. The molecule has 0 unspecified atom stereocenters. The summed E-state index contributed by atoms with van der Waals surface area (Å²) >= 11 is 1.54. The molecule has 0 spiro atoms. The minimum Gasteiger partial charge on any atom is -0.312 e. The van der Waals surface area contributed by atoms with E-state index in [1.807, 2.05) is 29.3 Å². The van der Waals surface area contributed by atoms with Gasteiger partial charge < -0.3 is 4.90 Å². The van der Waals surface area contributed by atoms with Gasteiger partial charge in [0.1, 0.15) is 5.01 Å².